The van der Waals surface area contributed by atoms with Crippen molar-refractivity contribution in [1.82, 2.24) is 9.13 Å². The number of hydrogen-bond acceptors (Lipinski definition) is 1. The van der Waals surface area contributed by atoms with Gasteiger partial charge in [-0.25, -0.2) is 0 Å². The van der Waals surface area contributed by atoms with Crippen LogP contribution < -0.4 is 4.90 Å². The Bertz CT molecular complexity index is 2630. The molecule has 0 spiro atoms. The average molecular weight is 588 g/mol. The lowest BCUT2D eigenvalue weighted by Gasteiger charge is -2.24. The summed E-state index contributed by atoms with van der Waals surface area (Å²) < 4.78 is 4.82. The van der Waals surface area contributed by atoms with Crippen molar-refractivity contribution in [3.8, 4) is 33.6 Å². The van der Waals surface area contributed by atoms with Crippen molar-refractivity contribution in [2.75, 3.05) is 11.9 Å². The van der Waals surface area contributed by atoms with Gasteiger partial charge in [-0.3, -0.25) is 0 Å². The van der Waals surface area contributed by atoms with E-state index in [0.717, 1.165) is 0 Å². The maximum Gasteiger partial charge on any atom is 0.0589 e. The summed E-state index contributed by atoms with van der Waals surface area (Å²) >= 11 is 0. The zero-order valence-electron chi connectivity index (χ0n) is 25.4. The zero-order chi connectivity index (χ0) is 30.4. The molecule has 10 rings (SSSR count). The Labute approximate surface area is 266 Å². The second-order valence-corrected chi connectivity index (χ2v) is 12.2. The number of nitrogens with zero attached hydrogens (tertiary/aromatic N) is 3. The summed E-state index contributed by atoms with van der Waals surface area (Å²) in [7, 11) is 2.25. The number of hydrogen-bond donors (Lipinski definition) is 0. The third-order valence-corrected chi connectivity index (χ3v) is 9.83. The molecule has 0 radical (unpaired) electrons. The molecule has 0 saturated heterocycles. The van der Waals surface area contributed by atoms with E-state index in [9.17, 15) is 0 Å². The van der Waals surface area contributed by atoms with E-state index in [1.165, 1.54) is 88.6 Å². The minimum absolute atomic E-state index is 1.17. The Morgan fingerprint density at radius 1 is 0.370 bits per heavy atom. The van der Waals surface area contributed by atoms with Gasteiger partial charge in [0.25, 0.3) is 0 Å². The summed E-state index contributed by atoms with van der Waals surface area (Å²) in [6.45, 7) is 0. The molecule has 3 nitrogen and oxygen atoms in total. The molecule has 3 heterocycles. The van der Waals surface area contributed by atoms with Crippen molar-refractivity contribution in [1.29, 1.82) is 0 Å². The van der Waals surface area contributed by atoms with Crippen LogP contribution in [-0.2, 0) is 0 Å². The van der Waals surface area contributed by atoms with Crippen LogP contribution in [0.3, 0.4) is 0 Å². The highest BCUT2D eigenvalue weighted by molar-refractivity contribution is 6.21. The monoisotopic (exact) mass is 587 g/mol. The smallest absolute Gasteiger partial charge is 0.0589 e. The van der Waals surface area contributed by atoms with E-state index in [1.54, 1.807) is 0 Å². The van der Waals surface area contributed by atoms with Crippen molar-refractivity contribution >= 4 is 55.0 Å². The molecule has 2 aromatic heterocycles. The molecular weight excluding hydrogens is 558 g/mol. The highest BCUT2D eigenvalue weighted by Crippen LogP contribution is 2.53. The van der Waals surface area contributed by atoms with E-state index in [-0.39, 0.29) is 0 Å². The molecule has 0 bridgehead atoms. The van der Waals surface area contributed by atoms with Crippen LogP contribution in [0.15, 0.2) is 158 Å². The standard InChI is InChI=1S/C43H29N3/c1-44-40-27-41-36(32-20-10-12-22-37(32)46(41)29-16-6-3-7-17-29)26-35(40)31-19-9-8-18-30(31)33-24-25-39-42(43(33)44)34-21-11-13-23-38(34)45(39)28-14-4-2-5-15-28/h2-27H,1H3. The van der Waals surface area contributed by atoms with Gasteiger partial charge in [0, 0.05) is 51.1 Å². The lowest BCUT2D eigenvalue weighted by Crippen LogP contribution is -2.11. The van der Waals surface area contributed by atoms with Gasteiger partial charge in [0.15, 0.2) is 0 Å². The van der Waals surface area contributed by atoms with Crippen LogP contribution in [0, 0.1) is 0 Å². The van der Waals surface area contributed by atoms with Crippen LogP contribution in [0.25, 0.3) is 77.2 Å². The molecule has 46 heavy (non-hydrogen) atoms. The average Bonchev–Trinajstić information content (AvgIpc) is 3.60. The number of anilines is 2. The van der Waals surface area contributed by atoms with Crippen LogP contribution in [0.4, 0.5) is 11.4 Å². The summed E-state index contributed by atoms with van der Waals surface area (Å²) in [6.07, 6.45) is 0. The predicted molar refractivity (Wildman–Crippen MR) is 194 cm³/mol. The normalized spacial score (nSPS) is 12.4. The molecule has 0 unspecified atom stereocenters. The molecule has 0 atom stereocenters. The van der Waals surface area contributed by atoms with Crippen molar-refractivity contribution in [2.24, 2.45) is 0 Å². The first-order valence-corrected chi connectivity index (χ1v) is 15.9. The van der Waals surface area contributed by atoms with E-state index < -0.39 is 0 Å². The van der Waals surface area contributed by atoms with Gasteiger partial charge in [-0.2, -0.15) is 0 Å². The van der Waals surface area contributed by atoms with Crippen molar-refractivity contribution in [3.63, 3.8) is 0 Å². The first-order valence-electron chi connectivity index (χ1n) is 15.9. The molecule has 0 amide bonds. The Balaban J connectivity index is 1.36. The van der Waals surface area contributed by atoms with Crippen molar-refractivity contribution < 1.29 is 0 Å². The SMILES string of the molecule is CN1c2cc3c(cc2-c2ccccc2-c2ccc4c(c21)c1ccccc1n4-c1ccccc1)c1ccccc1n3-c1ccccc1. The summed E-state index contributed by atoms with van der Waals surface area (Å²) in [5.41, 5.74) is 14.6. The van der Waals surface area contributed by atoms with E-state index in [1.807, 2.05) is 0 Å². The van der Waals surface area contributed by atoms with Gasteiger partial charge in [0.1, 0.15) is 0 Å². The van der Waals surface area contributed by atoms with Gasteiger partial charge in [-0.15, -0.1) is 0 Å². The van der Waals surface area contributed by atoms with Crippen molar-refractivity contribution in [2.45, 2.75) is 0 Å². The molecule has 0 saturated carbocycles. The van der Waals surface area contributed by atoms with E-state index >= 15 is 0 Å². The number of rotatable bonds is 2. The van der Waals surface area contributed by atoms with Crippen LogP contribution in [-0.4, -0.2) is 16.2 Å². The maximum absolute atomic E-state index is 2.45. The highest BCUT2D eigenvalue weighted by Gasteiger charge is 2.28. The van der Waals surface area contributed by atoms with Gasteiger partial charge >= 0.3 is 0 Å². The van der Waals surface area contributed by atoms with Gasteiger partial charge < -0.3 is 14.0 Å². The maximum atomic E-state index is 2.45. The number of para-hydroxylation sites is 4. The van der Waals surface area contributed by atoms with Crippen molar-refractivity contribution in [3.05, 3.63) is 158 Å². The molecule has 3 heteroatoms. The summed E-state index contributed by atoms with van der Waals surface area (Å²) in [4.78, 5) is 2.45. The van der Waals surface area contributed by atoms with Gasteiger partial charge in [-0.05, 0) is 65.7 Å². The third kappa shape index (κ3) is 3.37. The quantitative estimate of drug-likeness (QED) is 0.196. The molecule has 1 aliphatic heterocycles. The number of aromatic nitrogens is 2. The lowest BCUT2D eigenvalue weighted by molar-refractivity contribution is 1.17. The van der Waals surface area contributed by atoms with Gasteiger partial charge in [-0.1, -0.05) is 103 Å². The summed E-state index contributed by atoms with van der Waals surface area (Å²) in [5.74, 6) is 0. The molecule has 216 valence electrons. The number of fused-ring (bicyclic) bond motifs is 12. The fraction of sp³-hybridized carbons (Fsp3) is 0.0233. The van der Waals surface area contributed by atoms with E-state index in [4.69, 9.17) is 0 Å². The Morgan fingerprint density at radius 2 is 0.913 bits per heavy atom. The molecule has 0 N–H and O–H groups in total. The molecule has 7 aromatic carbocycles. The minimum atomic E-state index is 1.17. The van der Waals surface area contributed by atoms with Crippen LogP contribution >= 0.6 is 0 Å². The second-order valence-electron chi connectivity index (χ2n) is 12.2. The fourth-order valence-electron chi connectivity index (χ4n) is 7.89. The Morgan fingerprint density at radius 3 is 1.61 bits per heavy atom. The minimum Gasteiger partial charge on any atom is -0.343 e. The summed E-state index contributed by atoms with van der Waals surface area (Å²) in [6, 6.07) is 57.5. The fourth-order valence-corrected chi connectivity index (χ4v) is 7.89. The second kappa shape index (κ2) is 9.47. The van der Waals surface area contributed by atoms with E-state index in [2.05, 4.69) is 179 Å². The largest absolute Gasteiger partial charge is 0.343 e. The molecule has 0 aliphatic carbocycles. The molecule has 0 fully saturated rings. The highest BCUT2D eigenvalue weighted by atomic mass is 15.1. The topological polar surface area (TPSA) is 13.1 Å². The van der Waals surface area contributed by atoms with E-state index in [0.29, 0.717) is 0 Å². The third-order valence-electron chi connectivity index (χ3n) is 9.83. The Kier molecular flexibility index (Phi) is 5.20. The first kappa shape index (κ1) is 25.3. The van der Waals surface area contributed by atoms with Crippen LogP contribution in [0.2, 0.25) is 0 Å². The zero-order valence-corrected chi connectivity index (χ0v) is 25.4. The van der Waals surface area contributed by atoms with Gasteiger partial charge in [0.2, 0.25) is 0 Å². The number of benzene rings is 7. The Hall–Kier alpha value is -6.06. The van der Waals surface area contributed by atoms with Gasteiger partial charge in [0.05, 0.1) is 33.4 Å². The molecular formula is C43H29N3. The van der Waals surface area contributed by atoms with Crippen LogP contribution in [0.5, 0.6) is 0 Å². The van der Waals surface area contributed by atoms with Crippen LogP contribution in [0.1, 0.15) is 0 Å². The lowest BCUT2D eigenvalue weighted by atomic mass is 9.93. The molecule has 9 aromatic rings. The predicted octanol–water partition coefficient (Wildman–Crippen LogP) is 11.3. The molecule has 1 aliphatic rings. The first-order chi connectivity index (χ1) is 22.8. The summed E-state index contributed by atoms with van der Waals surface area (Å²) in [5, 5.41) is 5.05.